The summed E-state index contributed by atoms with van der Waals surface area (Å²) in [6, 6.07) is 10.1. The molecule has 0 aliphatic carbocycles. The summed E-state index contributed by atoms with van der Waals surface area (Å²) in [4.78, 5) is 1.97. The number of rotatable bonds is 1. The lowest BCUT2D eigenvalue weighted by Crippen LogP contribution is -2.51. The highest BCUT2D eigenvalue weighted by Gasteiger charge is 2.23. The van der Waals surface area contributed by atoms with Crippen LogP contribution < -0.4 is 10.2 Å². The summed E-state index contributed by atoms with van der Waals surface area (Å²) in [6.07, 6.45) is 4.13. The Balaban J connectivity index is 2.30. The molecular formula is C12H14N2S. The van der Waals surface area contributed by atoms with Crippen LogP contribution in [0.25, 0.3) is 0 Å². The fourth-order valence-corrected chi connectivity index (χ4v) is 1.93. The third-order valence-corrected chi connectivity index (χ3v) is 2.62. The maximum atomic E-state index is 5.32. The molecular weight excluding hydrogens is 204 g/mol. The summed E-state index contributed by atoms with van der Waals surface area (Å²) < 4.78 is 0. The molecule has 0 fully saturated rings. The van der Waals surface area contributed by atoms with Crippen molar-refractivity contribution in [3.63, 3.8) is 0 Å². The van der Waals surface area contributed by atoms with E-state index in [1.54, 1.807) is 0 Å². The molecule has 0 unspecified atom stereocenters. The number of hydrogen-bond acceptors (Lipinski definition) is 1. The predicted molar refractivity (Wildman–Crippen MR) is 67.9 cm³/mol. The van der Waals surface area contributed by atoms with Gasteiger partial charge in [0.05, 0.1) is 5.54 Å². The van der Waals surface area contributed by atoms with Gasteiger partial charge in [-0.25, -0.2) is 0 Å². The van der Waals surface area contributed by atoms with Gasteiger partial charge in [-0.15, -0.1) is 0 Å². The molecule has 0 atom stereocenters. The third-order valence-electron chi connectivity index (χ3n) is 2.32. The number of hydrogen-bond donors (Lipinski definition) is 1. The van der Waals surface area contributed by atoms with Crippen LogP contribution in [0.15, 0.2) is 42.6 Å². The number of thiocarbonyl (C=S) groups is 1. The van der Waals surface area contributed by atoms with E-state index < -0.39 is 0 Å². The summed E-state index contributed by atoms with van der Waals surface area (Å²) >= 11 is 5.32. The average molecular weight is 218 g/mol. The standard InChI is InChI=1S/C12H14N2S/c1-12(2)8-9-14(11(15)13-12)10-6-4-3-5-7-10/h3-9H,1-2H3,(H,13,15). The van der Waals surface area contributed by atoms with Crippen LogP contribution in [0.2, 0.25) is 0 Å². The number of benzene rings is 1. The van der Waals surface area contributed by atoms with Gasteiger partial charge in [-0.05, 0) is 44.3 Å². The molecule has 0 aromatic heterocycles. The zero-order valence-electron chi connectivity index (χ0n) is 8.90. The molecule has 78 valence electrons. The van der Waals surface area contributed by atoms with Crippen LogP contribution >= 0.6 is 12.2 Å². The van der Waals surface area contributed by atoms with Crippen molar-refractivity contribution < 1.29 is 0 Å². The van der Waals surface area contributed by atoms with E-state index in [-0.39, 0.29) is 5.54 Å². The second-order valence-electron chi connectivity index (χ2n) is 4.17. The van der Waals surface area contributed by atoms with Crippen LogP contribution in [0.1, 0.15) is 13.8 Å². The zero-order chi connectivity index (χ0) is 10.9. The van der Waals surface area contributed by atoms with Crippen molar-refractivity contribution in [2.45, 2.75) is 19.4 Å². The van der Waals surface area contributed by atoms with Gasteiger partial charge < -0.3 is 5.32 Å². The van der Waals surface area contributed by atoms with Crippen molar-refractivity contribution in [1.29, 1.82) is 0 Å². The number of nitrogens with one attached hydrogen (secondary N) is 1. The molecule has 3 heteroatoms. The van der Waals surface area contributed by atoms with Gasteiger partial charge in [0.15, 0.2) is 5.11 Å². The largest absolute Gasteiger partial charge is 0.354 e. The van der Waals surface area contributed by atoms with E-state index in [2.05, 4.69) is 25.2 Å². The van der Waals surface area contributed by atoms with Crippen molar-refractivity contribution in [1.82, 2.24) is 5.32 Å². The van der Waals surface area contributed by atoms with Gasteiger partial charge in [0, 0.05) is 11.9 Å². The summed E-state index contributed by atoms with van der Waals surface area (Å²) in [5.41, 5.74) is 1.03. The lowest BCUT2D eigenvalue weighted by molar-refractivity contribution is 0.566. The lowest BCUT2D eigenvalue weighted by atomic mass is 10.0. The average Bonchev–Trinajstić information content (AvgIpc) is 2.17. The fourth-order valence-electron chi connectivity index (χ4n) is 1.50. The second-order valence-corrected chi connectivity index (χ2v) is 4.56. The van der Waals surface area contributed by atoms with Gasteiger partial charge in [-0.3, -0.25) is 4.90 Å². The van der Waals surface area contributed by atoms with Gasteiger partial charge in [0.1, 0.15) is 0 Å². The van der Waals surface area contributed by atoms with Crippen molar-refractivity contribution in [2.24, 2.45) is 0 Å². The van der Waals surface area contributed by atoms with Crippen molar-refractivity contribution in [2.75, 3.05) is 4.90 Å². The topological polar surface area (TPSA) is 15.3 Å². The Labute approximate surface area is 95.6 Å². The minimum atomic E-state index is -0.0532. The van der Waals surface area contributed by atoms with Crippen LogP contribution in [0.5, 0.6) is 0 Å². The Kier molecular flexibility index (Phi) is 2.49. The number of para-hydroxylation sites is 1. The molecule has 0 amide bonds. The highest BCUT2D eigenvalue weighted by atomic mass is 32.1. The smallest absolute Gasteiger partial charge is 0.178 e. The fraction of sp³-hybridized carbons (Fsp3) is 0.250. The van der Waals surface area contributed by atoms with Crippen LogP contribution in [0.4, 0.5) is 5.69 Å². The van der Waals surface area contributed by atoms with Crippen molar-refractivity contribution in [3.05, 3.63) is 42.6 Å². The molecule has 1 heterocycles. The quantitative estimate of drug-likeness (QED) is 0.730. The Bertz CT molecular complexity index is 395. The zero-order valence-corrected chi connectivity index (χ0v) is 9.71. The van der Waals surface area contributed by atoms with Crippen LogP contribution in [0, 0.1) is 0 Å². The summed E-state index contributed by atoms with van der Waals surface area (Å²) in [6.45, 7) is 4.19. The molecule has 2 nitrogen and oxygen atoms in total. The van der Waals surface area contributed by atoms with Crippen LogP contribution in [0.3, 0.4) is 0 Å². The molecule has 0 radical (unpaired) electrons. The number of nitrogens with zero attached hydrogens (tertiary/aromatic N) is 1. The van der Waals surface area contributed by atoms with Crippen molar-refractivity contribution in [3.8, 4) is 0 Å². The molecule has 0 saturated heterocycles. The van der Waals surface area contributed by atoms with E-state index in [4.69, 9.17) is 12.2 Å². The second kappa shape index (κ2) is 3.66. The van der Waals surface area contributed by atoms with E-state index >= 15 is 0 Å². The first-order valence-electron chi connectivity index (χ1n) is 4.94. The van der Waals surface area contributed by atoms with Crippen molar-refractivity contribution >= 4 is 23.0 Å². The maximum Gasteiger partial charge on any atom is 0.178 e. The Morgan fingerprint density at radius 3 is 2.47 bits per heavy atom. The van der Waals surface area contributed by atoms with E-state index in [9.17, 15) is 0 Å². The normalized spacial score (nSPS) is 18.8. The lowest BCUT2D eigenvalue weighted by Gasteiger charge is -2.34. The first-order valence-corrected chi connectivity index (χ1v) is 5.35. The van der Waals surface area contributed by atoms with Gasteiger partial charge in [-0.2, -0.15) is 0 Å². The highest BCUT2D eigenvalue weighted by Crippen LogP contribution is 2.19. The Hall–Kier alpha value is -1.35. The van der Waals surface area contributed by atoms with E-state index in [0.717, 1.165) is 10.8 Å². The minimum absolute atomic E-state index is 0.0532. The molecule has 1 N–H and O–H groups in total. The molecule has 0 saturated carbocycles. The molecule has 0 bridgehead atoms. The van der Waals surface area contributed by atoms with E-state index in [0.29, 0.717) is 0 Å². The number of anilines is 1. The van der Waals surface area contributed by atoms with Crippen LogP contribution in [-0.4, -0.2) is 10.7 Å². The summed E-state index contributed by atoms with van der Waals surface area (Å²) in [7, 11) is 0. The Morgan fingerprint density at radius 2 is 1.87 bits per heavy atom. The van der Waals surface area contributed by atoms with Gasteiger partial charge in [0.2, 0.25) is 0 Å². The molecule has 0 spiro atoms. The van der Waals surface area contributed by atoms with E-state index in [1.165, 1.54) is 0 Å². The summed E-state index contributed by atoms with van der Waals surface area (Å²) in [5.74, 6) is 0. The van der Waals surface area contributed by atoms with Gasteiger partial charge in [-0.1, -0.05) is 18.2 Å². The predicted octanol–water partition coefficient (Wildman–Crippen LogP) is 2.67. The van der Waals surface area contributed by atoms with Gasteiger partial charge in [0.25, 0.3) is 0 Å². The Morgan fingerprint density at radius 1 is 1.20 bits per heavy atom. The molecule has 1 aliphatic rings. The highest BCUT2D eigenvalue weighted by molar-refractivity contribution is 7.80. The first-order chi connectivity index (χ1) is 7.08. The SMILES string of the molecule is CC1(C)C=CN(c2ccccc2)C(=S)N1. The molecule has 1 aliphatic heterocycles. The molecule has 1 aromatic carbocycles. The minimum Gasteiger partial charge on any atom is -0.354 e. The van der Waals surface area contributed by atoms with Gasteiger partial charge >= 0.3 is 0 Å². The summed E-state index contributed by atoms with van der Waals surface area (Å²) in [5, 5.41) is 4.02. The monoisotopic (exact) mass is 218 g/mol. The molecule has 1 aromatic rings. The van der Waals surface area contributed by atoms with Crippen LogP contribution in [-0.2, 0) is 0 Å². The third kappa shape index (κ3) is 2.18. The first kappa shape index (κ1) is 10.2. The molecule has 15 heavy (non-hydrogen) atoms. The van der Waals surface area contributed by atoms with E-state index in [1.807, 2.05) is 41.4 Å². The maximum absolute atomic E-state index is 5.32. The molecule has 2 rings (SSSR count).